The number of nitrogens with zero attached hydrogens (tertiary/aromatic N) is 1. The Labute approximate surface area is 176 Å². The van der Waals surface area contributed by atoms with Gasteiger partial charge in [0, 0.05) is 11.8 Å². The summed E-state index contributed by atoms with van der Waals surface area (Å²) in [5.41, 5.74) is -0.116. The normalized spacial score (nSPS) is 17.9. The number of ether oxygens (including phenoxy) is 1. The Bertz CT molecular complexity index is 1230. The molecule has 0 bridgehead atoms. The summed E-state index contributed by atoms with van der Waals surface area (Å²) in [6.07, 6.45) is 0. The van der Waals surface area contributed by atoms with E-state index in [9.17, 15) is 23.5 Å². The first-order chi connectivity index (χ1) is 14.8. The lowest BCUT2D eigenvalue weighted by molar-refractivity contribution is -0.132. The van der Waals surface area contributed by atoms with Gasteiger partial charge in [0.25, 0.3) is 11.7 Å². The van der Waals surface area contributed by atoms with E-state index in [2.05, 4.69) is 0 Å². The first-order valence-corrected chi connectivity index (χ1v) is 9.29. The Morgan fingerprint density at radius 2 is 1.81 bits per heavy atom. The zero-order chi connectivity index (χ0) is 22.3. The number of para-hydroxylation sites is 1. The Morgan fingerprint density at radius 3 is 2.45 bits per heavy atom. The number of anilines is 1. The molecule has 4 rings (SSSR count). The molecule has 1 saturated heterocycles. The summed E-state index contributed by atoms with van der Waals surface area (Å²) in [5, 5.41) is 11.0. The second kappa shape index (κ2) is 7.71. The minimum absolute atomic E-state index is 0.0564. The van der Waals surface area contributed by atoms with Crippen LogP contribution in [0.2, 0.25) is 0 Å². The molecule has 0 spiro atoms. The second-order valence-electron chi connectivity index (χ2n) is 6.92. The van der Waals surface area contributed by atoms with Crippen LogP contribution in [0.4, 0.5) is 14.5 Å². The van der Waals surface area contributed by atoms with Crippen LogP contribution in [0.15, 0.2) is 64.6 Å². The highest BCUT2D eigenvalue weighted by molar-refractivity contribution is 6.51. The highest BCUT2D eigenvalue weighted by Crippen LogP contribution is 2.43. The molecule has 3 aromatic rings. The van der Waals surface area contributed by atoms with Crippen molar-refractivity contribution in [2.24, 2.45) is 0 Å². The van der Waals surface area contributed by atoms with Crippen molar-refractivity contribution in [2.75, 3.05) is 12.0 Å². The van der Waals surface area contributed by atoms with E-state index in [0.29, 0.717) is 5.76 Å². The van der Waals surface area contributed by atoms with Crippen molar-refractivity contribution in [1.82, 2.24) is 0 Å². The van der Waals surface area contributed by atoms with E-state index < -0.39 is 35.1 Å². The molecule has 1 aliphatic heterocycles. The fourth-order valence-corrected chi connectivity index (χ4v) is 3.59. The molecule has 2 aromatic carbocycles. The number of rotatable bonds is 4. The summed E-state index contributed by atoms with van der Waals surface area (Å²) >= 11 is 0. The second-order valence-corrected chi connectivity index (χ2v) is 6.92. The van der Waals surface area contributed by atoms with E-state index >= 15 is 0 Å². The zero-order valence-corrected chi connectivity index (χ0v) is 16.6. The molecule has 6 nitrogen and oxygen atoms in total. The third-order valence-electron chi connectivity index (χ3n) is 5.02. The van der Waals surface area contributed by atoms with Gasteiger partial charge in [-0.2, -0.15) is 0 Å². The van der Waals surface area contributed by atoms with Gasteiger partial charge in [-0.15, -0.1) is 0 Å². The van der Waals surface area contributed by atoms with Gasteiger partial charge in [0.05, 0.1) is 18.2 Å². The largest absolute Gasteiger partial charge is 0.507 e. The van der Waals surface area contributed by atoms with E-state index in [4.69, 9.17) is 9.15 Å². The van der Waals surface area contributed by atoms with Crippen LogP contribution in [-0.4, -0.2) is 23.9 Å². The van der Waals surface area contributed by atoms with Crippen LogP contribution in [0, 0.1) is 18.6 Å². The van der Waals surface area contributed by atoms with Crippen LogP contribution in [0.5, 0.6) is 5.75 Å². The third-order valence-corrected chi connectivity index (χ3v) is 5.02. The maximum Gasteiger partial charge on any atom is 0.300 e. The number of hydrogen-bond acceptors (Lipinski definition) is 5. The molecule has 8 heteroatoms. The molecular formula is C23H17F2NO5. The quantitative estimate of drug-likeness (QED) is 0.378. The highest BCUT2D eigenvalue weighted by atomic mass is 19.2. The van der Waals surface area contributed by atoms with Crippen LogP contribution in [0.3, 0.4) is 0 Å². The number of aliphatic hydroxyl groups excluding tert-OH is 1. The van der Waals surface area contributed by atoms with Crippen molar-refractivity contribution in [3.8, 4) is 5.75 Å². The molecule has 0 saturated carbocycles. The van der Waals surface area contributed by atoms with Gasteiger partial charge < -0.3 is 14.3 Å². The Hall–Kier alpha value is -3.94. The van der Waals surface area contributed by atoms with E-state index in [1.807, 2.05) is 0 Å². The number of furan rings is 1. The first-order valence-electron chi connectivity index (χ1n) is 9.29. The van der Waals surface area contributed by atoms with Gasteiger partial charge in [0.1, 0.15) is 29.1 Å². The molecule has 0 radical (unpaired) electrons. The SMILES string of the molecule is COc1ccccc1/C(O)=C1/C(=O)C(=O)N(c2ccc(F)c(F)c2)C1c1ccc(C)o1. The van der Waals surface area contributed by atoms with Gasteiger partial charge in [-0.3, -0.25) is 14.5 Å². The van der Waals surface area contributed by atoms with Crippen LogP contribution in [-0.2, 0) is 9.59 Å². The molecule has 31 heavy (non-hydrogen) atoms. The number of Topliss-reactive ketones (excluding diaryl/α,β-unsaturated/α-hetero) is 1. The Balaban J connectivity index is 1.97. The molecule has 1 atom stereocenters. The fourth-order valence-electron chi connectivity index (χ4n) is 3.59. The van der Waals surface area contributed by atoms with Gasteiger partial charge in [-0.05, 0) is 43.3 Å². The molecule has 1 unspecified atom stereocenters. The number of amides is 1. The predicted octanol–water partition coefficient (Wildman–Crippen LogP) is 4.50. The molecule has 1 N–H and O–H groups in total. The summed E-state index contributed by atoms with van der Waals surface area (Å²) in [5.74, 6) is -3.79. The van der Waals surface area contributed by atoms with E-state index in [0.717, 1.165) is 17.0 Å². The number of benzene rings is 2. The number of aryl methyl sites for hydroxylation is 1. The smallest absolute Gasteiger partial charge is 0.300 e. The van der Waals surface area contributed by atoms with Crippen LogP contribution < -0.4 is 9.64 Å². The zero-order valence-electron chi connectivity index (χ0n) is 16.6. The first kappa shape index (κ1) is 20.3. The Morgan fingerprint density at radius 1 is 1.06 bits per heavy atom. The van der Waals surface area contributed by atoms with Crippen molar-refractivity contribution >= 4 is 23.1 Å². The molecule has 0 aliphatic carbocycles. The summed E-state index contributed by atoms with van der Waals surface area (Å²) in [6, 6.07) is 11.3. The minimum atomic E-state index is -1.19. The van der Waals surface area contributed by atoms with Crippen molar-refractivity contribution in [2.45, 2.75) is 13.0 Å². The number of ketones is 1. The maximum absolute atomic E-state index is 13.9. The van der Waals surface area contributed by atoms with E-state index in [1.165, 1.54) is 19.2 Å². The highest BCUT2D eigenvalue weighted by Gasteiger charge is 2.48. The van der Waals surface area contributed by atoms with Crippen LogP contribution in [0.1, 0.15) is 23.1 Å². The van der Waals surface area contributed by atoms with Gasteiger partial charge in [-0.1, -0.05) is 12.1 Å². The van der Waals surface area contributed by atoms with Crippen molar-refractivity contribution in [3.05, 3.63) is 88.9 Å². The number of hydrogen-bond donors (Lipinski definition) is 1. The summed E-state index contributed by atoms with van der Waals surface area (Å²) in [7, 11) is 1.40. The summed E-state index contributed by atoms with van der Waals surface area (Å²) in [4.78, 5) is 26.9. The lowest BCUT2D eigenvalue weighted by Gasteiger charge is -2.23. The lowest BCUT2D eigenvalue weighted by atomic mass is 9.98. The number of halogens is 2. The summed E-state index contributed by atoms with van der Waals surface area (Å²) in [6.45, 7) is 1.67. The van der Waals surface area contributed by atoms with Crippen molar-refractivity contribution in [3.63, 3.8) is 0 Å². The van der Waals surface area contributed by atoms with Gasteiger partial charge in [0.2, 0.25) is 0 Å². The standard InChI is InChI=1S/C23H17F2NO5/c1-12-7-10-18(31-12)20-19(21(27)14-5-3-4-6-17(14)30-2)22(28)23(29)26(20)13-8-9-15(24)16(25)11-13/h3-11,20,27H,1-2H3/b21-19-. The number of carbonyl (C=O) groups excluding carboxylic acids is 2. The van der Waals surface area contributed by atoms with Gasteiger partial charge >= 0.3 is 0 Å². The average Bonchev–Trinajstić information content (AvgIpc) is 3.30. The molecule has 1 aromatic heterocycles. The predicted molar refractivity (Wildman–Crippen MR) is 108 cm³/mol. The molecule has 1 amide bonds. The number of methoxy groups -OCH3 is 1. The summed E-state index contributed by atoms with van der Waals surface area (Å²) < 4.78 is 38.3. The van der Waals surface area contributed by atoms with E-state index in [-0.39, 0.29) is 28.3 Å². The molecule has 2 heterocycles. The van der Waals surface area contributed by atoms with Gasteiger partial charge in [-0.25, -0.2) is 8.78 Å². The van der Waals surface area contributed by atoms with Gasteiger partial charge in [0.15, 0.2) is 11.6 Å². The lowest BCUT2D eigenvalue weighted by Crippen LogP contribution is -2.29. The topological polar surface area (TPSA) is 80.0 Å². The molecular weight excluding hydrogens is 408 g/mol. The Kier molecular flexibility index (Phi) is 5.06. The van der Waals surface area contributed by atoms with Crippen LogP contribution in [0.25, 0.3) is 5.76 Å². The monoisotopic (exact) mass is 425 g/mol. The van der Waals surface area contributed by atoms with Crippen LogP contribution >= 0.6 is 0 Å². The third kappa shape index (κ3) is 3.35. The molecule has 158 valence electrons. The maximum atomic E-state index is 13.9. The van der Waals surface area contributed by atoms with Crippen molar-refractivity contribution in [1.29, 1.82) is 0 Å². The number of aliphatic hydroxyl groups is 1. The van der Waals surface area contributed by atoms with Crippen molar-refractivity contribution < 1.29 is 32.6 Å². The fraction of sp³-hybridized carbons (Fsp3) is 0.130. The molecule has 1 fully saturated rings. The molecule has 1 aliphatic rings. The minimum Gasteiger partial charge on any atom is -0.507 e. The average molecular weight is 425 g/mol. The van der Waals surface area contributed by atoms with E-state index in [1.54, 1.807) is 37.3 Å². The number of carbonyl (C=O) groups is 2.